The van der Waals surface area contributed by atoms with Crippen LogP contribution in [0, 0.1) is 0 Å². The number of aromatic nitrogens is 1. The van der Waals surface area contributed by atoms with E-state index < -0.39 is 10.0 Å². The first kappa shape index (κ1) is 15.6. The maximum absolute atomic E-state index is 12.5. The fraction of sp³-hybridized carbons (Fsp3) is 0.0625. The zero-order valence-electron chi connectivity index (χ0n) is 12.2. The lowest BCUT2D eigenvalue weighted by Gasteiger charge is -2.12. The number of ether oxygens (including phenoxy) is 1. The van der Waals surface area contributed by atoms with Crippen LogP contribution in [0.3, 0.4) is 0 Å². The van der Waals surface area contributed by atoms with Crippen LogP contribution in [-0.4, -0.2) is 20.5 Å². The predicted molar refractivity (Wildman–Crippen MR) is 90.6 cm³/mol. The minimum absolute atomic E-state index is 0.134. The van der Waals surface area contributed by atoms with Gasteiger partial charge in [0.15, 0.2) is 0 Å². The summed E-state index contributed by atoms with van der Waals surface area (Å²) in [6.07, 6.45) is 1.63. The van der Waals surface area contributed by atoms with E-state index in [1.165, 1.54) is 24.3 Å². The smallest absolute Gasteiger partial charge is 0.261 e. The monoisotopic (exact) mass is 348 g/mol. The molecule has 0 bridgehead atoms. The second-order valence-corrected chi connectivity index (χ2v) is 6.89. The minimum Gasteiger partial charge on any atom is -0.494 e. The maximum Gasteiger partial charge on any atom is 0.261 e. The van der Waals surface area contributed by atoms with Crippen LogP contribution in [0.4, 0.5) is 5.69 Å². The van der Waals surface area contributed by atoms with Crippen molar-refractivity contribution in [2.45, 2.75) is 4.90 Å². The number of fused-ring (bicyclic) bond motifs is 1. The molecule has 0 aliphatic heterocycles. The normalized spacial score (nSPS) is 11.4. The van der Waals surface area contributed by atoms with Crippen LogP contribution in [0.5, 0.6) is 5.75 Å². The summed E-state index contributed by atoms with van der Waals surface area (Å²) < 4.78 is 32.8. The molecule has 0 saturated heterocycles. The molecule has 0 atom stereocenters. The molecule has 118 valence electrons. The van der Waals surface area contributed by atoms with Crippen LogP contribution >= 0.6 is 11.6 Å². The van der Waals surface area contributed by atoms with E-state index in [0.717, 1.165) is 0 Å². The molecule has 0 saturated carbocycles. The first-order valence-electron chi connectivity index (χ1n) is 6.71. The maximum atomic E-state index is 12.5. The molecule has 1 heterocycles. The van der Waals surface area contributed by atoms with Gasteiger partial charge in [-0.2, -0.15) is 0 Å². The van der Waals surface area contributed by atoms with Crippen LogP contribution in [0.2, 0.25) is 5.02 Å². The van der Waals surface area contributed by atoms with Crippen molar-refractivity contribution >= 4 is 38.2 Å². The van der Waals surface area contributed by atoms with Crippen LogP contribution in [0.15, 0.2) is 59.6 Å². The first-order chi connectivity index (χ1) is 11.0. The fourth-order valence-corrected chi connectivity index (χ4v) is 3.42. The van der Waals surface area contributed by atoms with E-state index in [1.54, 1.807) is 37.6 Å². The molecule has 0 aliphatic rings. The number of nitrogens with zero attached hydrogens (tertiary/aromatic N) is 1. The molecular formula is C16H13ClN2O3S. The Morgan fingerprint density at radius 1 is 1.09 bits per heavy atom. The van der Waals surface area contributed by atoms with Crippen molar-refractivity contribution in [3.63, 3.8) is 0 Å². The van der Waals surface area contributed by atoms with E-state index in [2.05, 4.69) is 9.71 Å². The van der Waals surface area contributed by atoms with Crippen molar-refractivity contribution < 1.29 is 13.2 Å². The van der Waals surface area contributed by atoms with Crippen molar-refractivity contribution in [3.05, 3.63) is 59.8 Å². The third-order valence-corrected chi connectivity index (χ3v) is 4.95. The molecule has 3 aromatic rings. The molecule has 7 heteroatoms. The van der Waals surface area contributed by atoms with Crippen molar-refractivity contribution in [1.82, 2.24) is 4.98 Å². The lowest BCUT2D eigenvalue weighted by Crippen LogP contribution is -2.13. The van der Waals surface area contributed by atoms with Gasteiger partial charge < -0.3 is 4.74 Å². The molecule has 0 unspecified atom stereocenters. The molecule has 23 heavy (non-hydrogen) atoms. The molecule has 0 spiro atoms. The fourth-order valence-electron chi connectivity index (χ4n) is 2.22. The zero-order chi connectivity index (χ0) is 16.4. The highest BCUT2D eigenvalue weighted by Gasteiger charge is 2.16. The van der Waals surface area contributed by atoms with Gasteiger partial charge >= 0.3 is 0 Å². The van der Waals surface area contributed by atoms with Gasteiger partial charge in [-0.25, -0.2) is 8.42 Å². The quantitative estimate of drug-likeness (QED) is 0.780. The van der Waals surface area contributed by atoms with E-state index in [1.807, 2.05) is 0 Å². The number of sulfonamides is 1. The second-order valence-electron chi connectivity index (χ2n) is 4.77. The second kappa shape index (κ2) is 6.06. The Hall–Kier alpha value is -2.31. The molecule has 0 aliphatic carbocycles. The van der Waals surface area contributed by atoms with Gasteiger partial charge in [0.2, 0.25) is 0 Å². The van der Waals surface area contributed by atoms with Gasteiger partial charge in [0.25, 0.3) is 10.0 Å². The van der Waals surface area contributed by atoms with Crippen LogP contribution in [-0.2, 0) is 10.0 Å². The van der Waals surface area contributed by atoms with Gasteiger partial charge in [-0.3, -0.25) is 9.71 Å². The predicted octanol–water partition coefficient (Wildman–Crippen LogP) is 3.70. The van der Waals surface area contributed by atoms with Crippen LogP contribution in [0.1, 0.15) is 0 Å². The number of rotatable bonds is 4. The largest absolute Gasteiger partial charge is 0.494 e. The van der Waals surface area contributed by atoms with Gasteiger partial charge in [-0.15, -0.1) is 0 Å². The van der Waals surface area contributed by atoms with Gasteiger partial charge in [-0.05, 0) is 48.5 Å². The molecule has 1 aromatic heterocycles. The van der Waals surface area contributed by atoms with Gasteiger partial charge in [0.05, 0.1) is 17.7 Å². The first-order valence-corrected chi connectivity index (χ1v) is 8.57. The third-order valence-electron chi connectivity index (χ3n) is 3.32. The number of halogens is 1. The summed E-state index contributed by atoms with van der Waals surface area (Å²) in [7, 11) is -2.18. The molecular weight excluding hydrogens is 336 g/mol. The third kappa shape index (κ3) is 3.09. The summed E-state index contributed by atoms with van der Waals surface area (Å²) in [4.78, 5) is 4.38. The molecule has 1 N–H and O–H groups in total. The van der Waals surface area contributed by atoms with Crippen LogP contribution in [0.25, 0.3) is 10.9 Å². The van der Waals surface area contributed by atoms with E-state index in [4.69, 9.17) is 16.3 Å². The van der Waals surface area contributed by atoms with Gasteiger partial charge in [0.1, 0.15) is 11.3 Å². The average Bonchev–Trinajstić information content (AvgIpc) is 2.55. The number of pyridine rings is 1. The number of methoxy groups -OCH3 is 1. The standard InChI is InChI=1S/C16H13ClN2O3S/c1-22-15-9-8-14(13-3-2-10-18-16(13)15)19-23(20,21)12-6-4-11(17)5-7-12/h2-10,19H,1H3. The lowest BCUT2D eigenvalue weighted by atomic mass is 10.2. The summed E-state index contributed by atoms with van der Waals surface area (Å²) >= 11 is 5.80. The summed E-state index contributed by atoms with van der Waals surface area (Å²) in [5, 5.41) is 1.13. The Labute approximate surface area is 138 Å². The van der Waals surface area contributed by atoms with Crippen LogP contribution < -0.4 is 9.46 Å². The number of nitrogens with one attached hydrogen (secondary N) is 1. The number of benzene rings is 2. The molecule has 2 aromatic carbocycles. The Balaban J connectivity index is 2.06. The molecule has 0 fully saturated rings. The summed E-state index contributed by atoms with van der Waals surface area (Å²) in [5.41, 5.74) is 1.02. The Morgan fingerprint density at radius 3 is 2.52 bits per heavy atom. The summed E-state index contributed by atoms with van der Waals surface area (Å²) in [6.45, 7) is 0. The van der Waals surface area contributed by atoms with Crippen molar-refractivity contribution in [2.24, 2.45) is 0 Å². The van der Waals surface area contributed by atoms with Crippen molar-refractivity contribution in [3.8, 4) is 5.75 Å². The Bertz CT molecular complexity index is 957. The van der Waals surface area contributed by atoms with E-state index >= 15 is 0 Å². The number of hydrogen-bond donors (Lipinski definition) is 1. The minimum atomic E-state index is -3.72. The highest BCUT2D eigenvalue weighted by atomic mass is 35.5. The van der Waals surface area contributed by atoms with E-state index in [0.29, 0.717) is 27.4 Å². The highest BCUT2D eigenvalue weighted by molar-refractivity contribution is 7.92. The van der Waals surface area contributed by atoms with Gasteiger partial charge in [0, 0.05) is 16.6 Å². The van der Waals surface area contributed by atoms with Crippen molar-refractivity contribution in [1.29, 1.82) is 0 Å². The summed E-state index contributed by atoms with van der Waals surface area (Å²) in [5.74, 6) is 0.579. The van der Waals surface area contributed by atoms with E-state index in [9.17, 15) is 8.42 Å². The topological polar surface area (TPSA) is 68.3 Å². The lowest BCUT2D eigenvalue weighted by molar-refractivity contribution is 0.419. The van der Waals surface area contributed by atoms with E-state index in [-0.39, 0.29) is 4.90 Å². The molecule has 3 rings (SSSR count). The average molecular weight is 349 g/mol. The van der Waals surface area contributed by atoms with Crippen molar-refractivity contribution in [2.75, 3.05) is 11.8 Å². The number of hydrogen-bond acceptors (Lipinski definition) is 4. The SMILES string of the molecule is COc1ccc(NS(=O)(=O)c2ccc(Cl)cc2)c2cccnc12. The zero-order valence-corrected chi connectivity index (χ0v) is 13.7. The highest BCUT2D eigenvalue weighted by Crippen LogP contribution is 2.31. The summed E-state index contributed by atoms with van der Waals surface area (Å²) in [6, 6.07) is 12.8. The Morgan fingerprint density at radius 2 is 1.83 bits per heavy atom. The molecule has 0 radical (unpaired) electrons. The Kier molecular flexibility index (Phi) is 4.11. The number of anilines is 1. The molecule has 0 amide bonds. The molecule has 5 nitrogen and oxygen atoms in total. The van der Waals surface area contributed by atoms with Gasteiger partial charge in [-0.1, -0.05) is 11.6 Å².